The maximum atomic E-state index is 13.9. The van der Waals surface area contributed by atoms with E-state index in [1.54, 1.807) is 23.1 Å². The van der Waals surface area contributed by atoms with Crippen molar-refractivity contribution < 1.29 is 19.1 Å². The number of halogens is 2. The molecule has 2 aromatic carbocycles. The van der Waals surface area contributed by atoms with Crippen LogP contribution in [0, 0.1) is 11.8 Å². The Labute approximate surface area is 275 Å². The van der Waals surface area contributed by atoms with Crippen molar-refractivity contribution in [1.29, 1.82) is 0 Å². The summed E-state index contributed by atoms with van der Waals surface area (Å²) in [6, 6.07) is 12.7. The van der Waals surface area contributed by atoms with Gasteiger partial charge in [0.2, 0.25) is 0 Å². The van der Waals surface area contributed by atoms with E-state index in [0.717, 1.165) is 62.1 Å². The quantitative estimate of drug-likeness (QED) is 0.344. The van der Waals surface area contributed by atoms with Crippen LogP contribution in [0.4, 0.5) is 15.3 Å². The van der Waals surface area contributed by atoms with Crippen molar-refractivity contribution in [3.63, 3.8) is 0 Å². The number of para-hydroxylation sites is 1. The van der Waals surface area contributed by atoms with Crippen molar-refractivity contribution in [2.75, 3.05) is 45.1 Å². The van der Waals surface area contributed by atoms with Crippen LogP contribution in [0.15, 0.2) is 42.5 Å². The van der Waals surface area contributed by atoms with Gasteiger partial charge in [-0.1, -0.05) is 47.5 Å². The highest BCUT2D eigenvalue weighted by Crippen LogP contribution is 2.42. The third-order valence-electron chi connectivity index (χ3n) is 10.6. The van der Waals surface area contributed by atoms with Gasteiger partial charge in [0, 0.05) is 50.7 Å². The van der Waals surface area contributed by atoms with Gasteiger partial charge in [-0.15, -0.1) is 0 Å². The molecule has 4 aliphatic heterocycles. The lowest BCUT2D eigenvalue weighted by Crippen LogP contribution is -2.69. The van der Waals surface area contributed by atoms with Crippen molar-refractivity contribution in [1.82, 2.24) is 19.6 Å². The molecule has 242 valence electrons. The van der Waals surface area contributed by atoms with E-state index in [1.165, 1.54) is 12.8 Å². The normalized spacial score (nSPS) is 25.5. The summed E-state index contributed by atoms with van der Waals surface area (Å²) in [5.74, 6) is 1.36. The fraction of sp³-hybridized carbons (Fsp3) is 0.559. The number of likely N-dealkylation sites (tertiary alicyclic amines) is 3. The number of piperidine rings is 3. The summed E-state index contributed by atoms with van der Waals surface area (Å²) in [7, 11) is 2.19. The van der Waals surface area contributed by atoms with Crippen LogP contribution in [0.3, 0.4) is 0 Å². The molecule has 0 aromatic heterocycles. The van der Waals surface area contributed by atoms with E-state index in [-0.39, 0.29) is 25.1 Å². The van der Waals surface area contributed by atoms with Gasteiger partial charge in [0.1, 0.15) is 18.6 Å². The van der Waals surface area contributed by atoms with E-state index in [1.807, 2.05) is 29.2 Å². The fourth-order valence-electron chi connectivity index (χ4n) is 8.02. The molecular weight excluding hydrogens is 613 g/mol. The highest BCUT2D eigenvalue weighted by atomic mass is 35.5. The van der Waals surface area contributed by atoms with Crippen LogP contribution in [0.25, 0.3) is 0 Å². The molecule has 0 spiro atoms. The fourth-order valence-corrected chi connectivity index (χ4v) is 8.34. The molecule has 0 unspecified atom stereocenters. The summed E-state index contributed by atoms with van der Waals surface area (Å²) < 4.78 is 5.87. The number of ether oxygens (including phenoxy) is 1. The van der Waals surface area contributed by atoms with Gasteiger partial charge in [-0.2, -0.15) is 0 Å². The van der Waals surface area contributed by atoms with Crippen LogP contribution in [0.1, 0.15) is 56.1 Å². The maximum Gasteiger partial charge on any atom is 0.411 e. The van der Waals surface area contributed by atoms with Gasteiger partial charge >= 0.3 is 12.1 Å². The summed E-state index contributed by atoms with van der Waals surface area (Å²) in [5.41, 5.74) is 1.72. The first kappa shape index (κ1) is 32.1. The van der Waals surface area contributed by atoms with Gasteiger partial charge in [-0.05, 0) is 93.4 Å². The minimum Gasteiger partial charge on any atom is -0.444 e. The molecule has 2 aromatic rings. The highest BCUT2D eigenvalue weighted by Gasteiger charge is 2.52. The number of nitrogens with zero attached hydrogens (tertiary/aromatic N) is 4. The summed E-state index contributed by atoms with van der Waals surface area (Å²) >= 11 is 12.3. The Morgan fingerprint density at radius 2 is 1.69 bits per heavy atom. The summed E-state index contributed by atoms with van der Waals surface area (Å²) in [6.45, 7) is 4.77. The molecule has 6 rings (SSSR count). The SMILES string of the molecule is CN1CCC(C2CCN([C@]3(CC=O)C[C@H](N4Cc5ccccc5NC4=O)CCN3C(=O)OCc3ccc(Cl)c(Cl)c3)CC2)CC1. The summed E-state index contributed by atoms with van der Waals surface area (Å²) in [6.07, 6.45) is 6.18. The average Bonchev–Trinajstić information content (AvgIpc) is 3.05. The molecule has 9 nitrogen and oxygen atoms in total. The molecule has 11 heteroatoms. The number of carbonyl (C=O) groups is 3. The van der Waals surface area contributed by atoms with Crippen molar-refractivity contribution >= 4 is 47.3 Å². The van der Waals surface area contributed by atoms with Crippen molar-refractivity contribution in [3.05, 3.63) is 63.6 Å². The molecule has 1 N–H and O–H groups in total. The number of benzene rings is 2. The third kappa shape index (κ3) is 6.82. The molecule has 3 fully saturated rings. The van der Waals surface area contributed by atoms with Crippen molar-refractivity contribution in [2.45, 2.75) is 69.8 Å². The Balaban J connectivity index is 1.24. The Morgan fingerprint density at radius 1 is 0.978 bits per heavy atom. The van der Waals surface area contributed by atoms with Gasteiger partial charge in [0.25, 0.3) is 0 Å². The number of carbonyl (C=O) groups excluding carboxylic acids is 3. The van der Waals surface area contributed by atoms with Crippen LogP contribution in [-0.2, 0) is 22.7 Å². The van der Waals surface area contributed by atoms with Crippen molar-refractivity contribution in [2.24, 2.45) is 11.8 Å². The highest BCUT2D eigenvalue weighted by molar-refractivity contribution is 6.42. The van der Waals surface area contributed by atoms with Crippen LogP contribution >= 0.6 is 23.2 Å². The molecule has 3 saturated heterocycles. The number of urea groups is 1. The second-order valence-corrected chi connectivity index (χ2v) is 13.9. The van der Waals surface area contributed by atoms with Crippen LogP contribution in [0.2, 0.25) is 10.0 Å². The predicted octanol–water partition coefficient (Wildman–Crippen LogP) is 6.48. The van der Waals surface area contributed by atoms with Crippen LogP contribution < -0.4 is 5.32 Å². The Bertz CT molecular complexity index is 1390. The Hall–Kier alpha value is -2.85. The third-order valence-corrected chi connectivity index (χ3v) is 11.3. The molecule has 4 aliphatic rings. The summed E-state index contributed by atoms with van der Waals surface area (Å²) in [5, 5.41) is 3.88. The minimum absolute atomic E-state index is 0.0380. The van der Waals surface area contributed by atoms with E-state index in [9.17, 15) is 14.4 Å². The number of anilines is 1. The second kappa shape index (κ2) is 13.9. The Morgan fingerprint density at radius 3 is 2.40 bits per heavy atom. The number of hydrogen-bond acceptors (Lipinski definition) is 6. The number of amides is 3. The first-order valence-electron chi connectivity index (χ1n) is 16.2. The van der Waals surface area contributed by atoms with Crippen molar-refractivity contribution in [3.8, 4) is 0 Å². The zero-order valence-corrected chi connectivity index (χ0v) is 27.4. The molecular formula is C34H43Cl2N5O4. The average molecular weight is 657 g/mol. The minimum atomic E-state index is -0.894. The van der Waals surface area contributed by atoms with Gasteiger partial charge in [0.15, 0.2) is 0 Å². The molecule has 45 heavy (non-hydrogen) atoms. The zero-order chi connectivity index (χ0) is 31.6. The zero-order valence-electron chi connectivity index (χ0n) is 25.9. The number of hydrogen-bond donors (Lipinski definition) is 1. The standard InChI is InChI=1S/C34H43Cl2N5O4/c1-38-14-8-25(9-15-38)26-10-16-39(17-11-26)34(13-19-42)21-28(40-22-27-4-2-3-5-31(27)37-32(40)43)12-18-41(34)33(44)45-23-24-6-7-29(35)30(36)20-24/h2-7,19-20,25-26,28H,8-18,21-23H2,1H3,(H,37,43)/t28-,34+/m1/s1. The molecule has 0 bridgehead atoms. The van der Waals surface area contributed by atoms with Gasteiger partial charge in [0.05, 0.1) is 10.0 Å². The lowest BCUT2D eigenvalue weighted by molar-refractivity contribution is -0.129. The molecule has 3 amide bonds. The lowest BCUT2D eigenvalue weighted by atomic mass is 9.77. The largest absolute Gasteiger partial charge is 0.444 e. The monoisotopic (exact) mass is 655 g/mol. The number of fused-ring (bicyclic) bond motifs is 1. The summed E-state index contributed by atoms with van der Waals surface area (Å²) in [4.78, 5) is 48.1. The Kier molecular flexibility index (Phi) is 9.90. The number of rotatable bonds is 7. The smallest absolute Gasteiger partial charge is 0.411 e. The van der Waals surface area contributed by atoms with Gasteiger partial charge in [-0.3, -0.25) is 9.80 Å². The van der Waals surface area contributed by atoms with Crippen LogP contribution in [0.5, 0.6) is 0 Å². The lowest BCUT2D eigenvalue weighted by Gasteiger charge is -2.57. The van der Waals surface area contributed by atoms with E-state index in [4.69, 9.17) is 27.9 Å². The van der Waals surface area contributed by atoms with Gasteiger partial charge < -0.3 is 24.6 Å². The molecule has 0 saturated carbocycles. The first-order chi connectivity index (χ1) is 21.8. The second-order valence-electron chi connectivity index (χ2n) is 13.1. The maximum absolute atomic E-state index is 13.9. The van der Waals surface area contributed by atoms with Crippen LogP contribution in [-0.4, -0.2) is 89.5 Å². The van der Waals surface area contributed by atoms with E-state index < -0.39 is 11.8 Å². The van der Waals surface area contributed by atoms with E-state index in [2.05, 4.69) is 22.2 Å². The molecule has 2 atom stereocenters. The van der Waals surface area contributed by atoms with E-state index in [0.29, 0.717) is 47.8 Å². The number of nitrogens with one attached hydrogen (secondary N) is 1. The molecule has 0 aliphatic carbocycles. The topological polar surface area (TPSA) is 85.4 Å². The predicted molar refractivity (Wildman–Crippen MR) is 175 cm³/mol. The molecule has 0 radical (unpaired) electrons. The van der Waals surface area contributed by atoms with Gasteiger partial charge in [-0.25, -0.2) is 9.59 Å². The molecule has 4 heterocycles. The van der Waals surface area contributed by atoms with E-state index >= 15 is 0 Å². The number of aldehydes is 1. The first-order valence-corrected chi connectivity index (χ1v) is 16.9.